The Morgan fingerprint density at radius 1 is 1.27 bits per heavy atom. The van der Waals surface area contributed by atoms with Gasteiger partial charge in [-0.25, -0.2) is 0 Å². The van der Waals surface area contributed by atoms with Crippen molar-refractivity contribution in [1.82, 2.24) is 0 Å². The number of rotatable bonds is 5. The molecule has 0 saturated heterocycles. The molecule has 0 aliphatic carbocycles. The third-order valence-corrected chi connectivity index (χ3v) is 1.51. The molecule has 0 fully saturated rings. The van der Waals surface area contributed by atoms with E-state index >= 15 is 0 Å². The SMILES string of the molecule is CC(C)[CH]OC[C@H](N)C(C)C. The zero-order valence-electron chi connectivity index (χ0n) is 8.00. The van der Waals surface area contributed by atoms with Crippen LogP contribution in [-0.4, -0.2) is 12.6 Å². The quantitative estimate of drug-likeness (QED) is 0.662. The molecule has 0 heterocycles. The Kier molecular flexibility index (Phi) is 5.51. The molecule has 1 atom stereocenters. The fourth-order valence-corrected chi connectivity index (χ4v) is 0.552. The van der Waals surface area contributed by atoms with Crippen molar-refractivity contribution < 1.29 is 4.74 Å². The summed E-state index contributed by atoms with van der Waals surface area (Å²) >= 11 is 0. The minimum atomic E-state index is 0.157. The van der Waals surface area contributed by atoms with Gasteiger partial charge in [0.15, 0.2) is 0 Å². The first-order valence-electron chi connectivity index (χ1n) is 4.24. The smallest absolute Gasteiger partial charge is 0.0862 e. The van der Waals surface area contributed by atoms with Crippen LogP contribution in [0.3, 0.4) is 0 Å². The molecular weight excluding hydrogens is 138 g/mol. The molecule has 1 radical (unpaired) electrons. The predicted octanol–water partition coefficient (Wildman–Crippen LogP) is 1.80. The molecule has 2 nitrogen and oxygen atoms in total. The van der Waals surface area contributed by atoms with Gasteiger partial charge >= 0.3 is 0 Å². The summed E-state index contributed by atoms with van der Waals surface area (Å²) in [6.45, 7) is 10.8. The summed E-state index contributed by atoms with van der Waals surface area (Å²) in [5, 5.41) is 0. The molecule has 0 aromatic heterocycles. The van der Waals surface area contributed by atoms with Crippen LogP contribution in [0.25, 0.3) is 0 Å². The fraction of sp³-hybridized carbons (Fsp3) is 0.889. The van der Waals surface area contributed by atoms with E-state index in [4.69, 9.17) is 10.5 Å². The lowest BCUT2D eigenvalue weighted by molar-refractivity contribution is 0.145. The lowest BCUT2D eigenvalue weighted by atomic mass is 10.1. The van der Waals surface area contributed by atoms with Crippen molar-refractivity contribution in [3.8, 4) is 0 Å². The Hall–Kier alpha value is -0.0800. The summed E-state index contributed by atoms with van der Waals surface area (Å²) in [4.78, 5) is 0. The van der Waals surface area contributed by atoms with Crippen molar-refractivity contribution in [1.29, 1.82) is 0 Å². The van der Waals surface area contributed by atoms with Gasteiger partial charge in [-0.3, -0.25) is 0 Å². The summed E-state index contributed by atoms with van der Waals surface area (Å²) in [5.41, 5.74) is 5.76. The Balaban J connectivity index is 3.24. The second kappa shape index (κ2) is 5.56. The molecule has 0 unspecified atom stereocenters. The Bertz CT molecular complexity index is 91.6. The topological polar surface area (TPSA) is 35.2 Å². The minimum Gasteiger partial charge on any atom is -0.374 e. The molecular formula is C9H20NO. The fourth-order valence-electron chi connectivity index (χ4n) is 0.552. The third-order valence-electron chi connectivity index (χ3n) is 1.51. The van der Waals surface area contributed by atoms with Crippen LogP contribution < -0.4 is 5.73 Å². The average molecular weight is 158 g/mol. The van der Waals surface area contributed by atoms with Crippen LogP contribution in [0, 0.1) is 18.4 Å². The predicted molar refractivity (Wildman–Crippen MR) is 47.9 cm³/mol. The Morgan fingerprint density at radius 3 is 2.18 bits per heavy atom. The van der Waals surface area contributed by atoms with Gasteiger partial charge in [0, 0.05) is 6.04 Å². The van der Waals surface area contributed by atoms with E-state index in [1.165, 1.54) is 0 Å². The molecule has 0 aliphatic rings. The van der Waals surface area contributed by atoms with Gasteiger partial charge in [0.1, 0.15) is 0 Å². The zero-order chi connectivity index (χ0) is 8.85. The van der Waals surface area contributed by atoms with Crippen LogP contribution in [0.2, 0.25) is 0 Å². The van der Waals surface area contributed by atoms with Gasteiger partial charge < -0.3 is 10.5 Å². The largest absolute Gasteiger partial charge is 0.374 e. The molecule has 0 aliphatic heterocycles. The van der Waals surface area contributed by atoms with Gasteiger partial charge in [-0.05, 0) is 11.8 Å². The van der Waals surface area contributed by atoms with E-state index in [1.807, 2.05) is 6.61 Å². The van der Waals surface area contributed by atoms with E-state index in [0.717, 1.165) is 0 Å². The number of nitrogens with two attached hydrogens (primary N) is 1. The Labute approximate surface area is 70.1 Å². The lowest BCUT2D eigenvalue weighted by Crippen LogP contribution is -2.31. The molecule has 0 aromatic carbocycles. The van der Waals surface area contributed by atoms with Crippen molar-refractivity contribution in [2.24, 2.45) is 17.6 Å². The summed E-state index contributed by atoms with van der Waals surface area (Å²) in [5.74, 6) is 0.977. The average Bonchev–Trinajstić information content (AvgIpc) is 1.86. The van der Waals surface area contributed by atoms with Crippen LogP contribution in [0.5, 0.6) is 0 Å². The van der Waals surface area contributed by atoms with Crippen LogP contribution in [0.1, 0.15) is 27.7 Å². The maximum atomic E-state index is 5.76. The van der Waals surface area contributed by atoms with Crippen LogP contribution in [-0.2, 0) is 4.74 Å². The molecule has 11 heavy (non-hydrogen) atoms. The monoisotopic (exact) mass is 158 g/mol. The van der Waals surface area contributed by atoms with E-state index < -0.39 is 0 Å². The first-order valence-corrected chi connectivity index (χ1v) is 4.24. The highest BCUT2D eigenvalue weighted by Gasteiger charge is 2.07. The van der Waals surface area contributed by atoms with Gasteiger partial charge in [0.2, 0.25) is 0 Å². The van der Waals surface area contributed by atoms with Crippen molar-refractivity contribution in [2.75, 3.05) is 6.61 Å². The zero-order valence-corrected chi connectivity index (χ0v) is 8.00. The molecule has 0 rings (SSSR count). The van der Waals surface area contributed by atoms with Crippen LogP contribution in [0.4, 0.5) is 0 Å². The lowest BCUT2D eigenvalue weighted by Gasteiger charge is -2.15. The molecule has 0 bridgehead atoms. The number of hydrogen-bond acceptors (Lipinski definition) is 2. The van der Waals surface area contributed by atoms with Crippen molar-refractivity contribution in [3.05, 3.63) is 6.61 Å². The summed E-state index contributed by atoms with van der Waals surface area (Å²) in [7, 11) is 0. The third kappa shape index (κ3) is 6.32. The van der Waals surface area contributed by atoms with E-state index in [0.29, 0.717) is 18.4 Å². The van der Waals surface area contributed by atoms with Gasteiger partial charge in [0.25, 0.3) is 0 Å². The van der Waals surface area contributed by atoms with E-state index in [-0.39, 0.29) is 6.04 Å². The molecule has 67 valence electrons. The Morgan fingerprint density at radius 2 is 1.82 bits per heavy atom. The molecule has 2 heteroatoms. The molecule has 2 N–H and O–H groups in total. The highest BCUT2D eigenvalue weighted by atomic mass is 16.5. The van der Waals surface area contributed by atoms with Crippen molar-refractivity contribution in [3.63, 3.8) is 0 Å². The molecule has 0 amide bonds. The normalized spacial score (nSPS) is 14.5. The number of ether oxygens (including phenoxy) is 1. The van der Waals surface area contributed by atoms with E-state index in [2.05, 4.69) is 27.7 Å². The van der Waals surface area contributed by atoms with Gasteiger partial charge in [-0.2, -0.15) is 0 Å². The molecule has 0 aromatic rings. The van der Waals surface area contributed by atoms with Crippen LogP contribution in [0.15, 0.2) is 0 Å². The molecule has 0 saturated carbocycles. The van der Waals surface area contributed by atoms with E-state index in [9.17, 15) is 0 Å². The second-order valence-corrected chi connectivity index (χ2v) is 3.62. The highest BCUT2D eigenvalue weighted by molar-refractivity contribution is 4.65. The van der Waals surface area contributed by atoms with Crippen molar-refractivity contribution >= 4 is 0 Å². The van der Waals surface area contributed by atoms with E-state index in [1.54, 1.807) is 0 Å². The minimum absolute atomic E-state index is 0.157. The summed E-state index contributed by atoms with van der Waals surface area (Å²) < 4.78 is 5.27. The highest BCUT2D eigenvalue weighted by Crippen LogP contribution is 2.03. The van der Waals surface area contributed by atoms with Crippen molar-refractivity contribution in [2.45, 2.75) is 33.7 Å². The number of hydrogen-bond donors (Lipinski definition) is 1. The van der Waals surface area contributed by atoms with Crippen LogP contribution >= 0.6 is 0 Å². The van der Waals surface area contributed by atoms with Gasteiger partial charge in [-0.1, -0.05) is 27.7 Å². The first-order chi connectivity index (χ1) is 5.04. The summed E-state index contributed by atoms with van der Waals surface area (Å²) in [6, 6.07) is 0.157. The van der Waals surface area contributed by atoms with Gasteiger partial charge in [-0.15, -0.1) is 0 Å². The maximum absolute atomic E-state index is 5.76. The second-order valence-electron chi connectivity index (χ2n) is 3.62. The summed E-state index contributed by atoms with van der Waals surface area (Å²) in [6.07, 6.45) is 0. The standard InChI is InChI=1S/C9H20NO/c1-7(2)5-11-6-9(10)8(3)4/h5,7-9H,6,10H2,1-4H3/t9-/m0/s1. The maximum Gasteiger partial charge on any atom is 0.0862 e. The molecule has 0 spiro atoms. The first kappa shape index (κ1) is 10.9. The van der Waals surface area contributed by atoms with Gasteiger partial charge in [0.05, 0.1) is 13.2 Å².